The van der Waals surface area contributed by atoms with Crippen molar-refractivity contribution in [2.24, 2.45) is 11.7 Å². The minimum atomic E-state index is -4.23. The largest absolute Gasteiger partial charge is 0.395 e. The molecule has 0 aromatic rings. The summed E-state index contributed by atoms with van der Waals surface area (Å²) in [6, 6.07) is 0. The Morgan fingerprint density at radius 2 is 2.00 bits per heavy atom. The van der Waals surface area contributed by atoms with Crippen LogP contribution in [0.3, 0.4) is 0 Å². The molecule has 0 heterocycles. The second-order valence-corrected chi connectivity index (χ2v) is 2.13. The first-order valence-corrected chi connectivity index (χ1v) is 3.36. The van der Waals surface area contributed by atoms with Gasteiger partial charge in [0.05, 0.1) is 12.5 Å². The lowest BCUT2D eigenvalue weighted by Crippen LogP contribution is -2.33. The number of nitrogens with two attached hydrogens (primary N) is 1. The summed E-state index contributed by atoms with van der Waals surface area (Å²) >= 11 is 0. The SMILES string of the molecule is CCOCC(CN)C(F)(F)F. The van der Waals surface area contributed by atoms with Crippen molar-refractivity contribution in [1.82, 2.24) is 0 Å². The molecule has 0 spiro atoms. The maximum Gasteiger partial charge on any atom is 0.395 e. The van der Waals surface area contributed by atoms with Crippen molar-refractivity contribution in [2.75, 3.05) is 19.8 Å². The Morgan fingerprint density at radius 3 is 2.27 bits per heavy atom. The van der Waals surface area contributed by atoms with Crippen LogP contribution in [0.1, 0.15) is 6.92 Å². The molecule has 68 valence electrons. The van der Waals surface area contributed by atoms with Crippen LogP contribution in [0.4, 0.5) is 13.2 Å². The number of hydrogen-bond acceptors (Lipinski definition) is 2. The molecule has 5 heteroatoms. The Bertz CT molecular complexity index is 104. The minimum absolute atomic E-state index is 0.284. The predicted octanol–water partition coefficient (Wildman–Crippen LogP) is 1.16. The number of ether oxygens (including phenoxy) is 1. The second-order valence-electron chi connectivity index (χ2n) is 2.13. The molecule has 0 aliphatic rings. The first-order chi connectivity index (χ1) is 5.02. The molecule has 0 rings (SSSR count). The third-order valence-electron chi connectivity index (χ3n) is 1.27. The van der Waals surface area contributed by atoms with Crippen LogP contribution in [0.15, 0.2) is 0 Å². The summed E-state index contributed by atoms with van der Waals surface area (Å²) in [6.45, 7) is 1.18. The number of alkyl halides is 3. The van der Waals surface area contributed by atoms with Gasteiger partial charge in [0.1, 0.15) is 0 Å². The standard InChI is InChI=1S/C6H12F3NO/c1-2-11-4-5(3-10)6(7,8)9/h5H,2-4,10H2,1H3. The maximum absolute atomic E-state index is 11.9. The topological polar surface area (TPSA) is 35.2 Å². The van der Waals surface area contributed by atoms with Crippen LogP contribution in [0.25, 0.3) is 0 Å². The van der Waals surface area contributed by atoms with Crippen LogP contribution in [0.2, 0.25) is 0 Å². The van der Waals surface area contributed by atoms with Gasteiger partial charge in [-0.25, -0.2) is 0 Å². The lowest BCUT2D eigenvalue weighted by atomic mass is 10.1. The van der Waals surface area contributed by atoms with Crippen LogP contribution in [-0.2, 0) is 4.74 Å². The highest BCUT2D eigenvalue weighted by Crippen LogP contribution is 2.25. The van der Waals surface area contributed by atoms with E-state index < -0.39 is 18.6 Å². The summed E-state index contributed by atoms with van der Waals surface area (Å²) < 4.78 is 40.3. The highest BCUT2D eigenvalue weighted by Gasteiger charge is 2.38. The van der Waals surface area contributed by atoms with Crippen molar-refractivity contribution in [2.45, 2.75) is 13.1 Å². The molecule has 0 amide bonds. The summed E-state index contributed by atoms with van der Waals surface area (Å²) in [7, 11) is 0. The van der Waals surface area contributed by atoms with Crippen molar-refractivity contribution in [1.29, 1.82) is 0 Å². The third-order valence-corrected chi connectivity index (χ3v) is 1.27. The van der Waals surface area contributed by atoms with E-state index in [-0.39, 0.29) is 13.2 Å². The van der Waals surface area contributed by atoms with Gasteiger partial charge in [0.2, 0.25) is 0 Å². The summed E-state index contributed by atoms with van der Waals surface area (Å²) in [5.41, 5.74) is 4.90. The molecule has 11 heavy (non-hydrogen) atoms. The zero-order valence-corrected chi connectivity index (χ0v) is 6.32. The van der Waals surface area contributed by atoms with E-state index in [1.54, 1.807) is 6.92 Å². The molecule has 1 atom stereocenters. The van der Waals surface area contributed by atoms with Gasteiger partial charge in [-0.1, -0.05) is 0 Å². The van der Waals surface area contributed by atoms with Crippen LogP contribution in [-0.4, -0.2) is 25.9 Å². The number of rotatable bonds is 4. The molecule has 0 fully saturated rings. The first-order valence-electron chi connectivity index (χ1n) is 3.36. The normalized spacial score (nSPS) is 15.0. The molecule has 2 nitrogen and oxygen atoms in total. The quantitative estimate of drug-likeness (QED) is 0.688. The van der Waals surface area contributed by atoms with Gasteiger partial charge in [-0.3, -0.25) is 0 Å². The molecule has 0 aliphatic carbocycles. The molecule has 0 saturated heterocycles. The molecule has 0 aliphatic heterocycles. The smallest absolute Gasteiger partial charge is 0.381 e. The number of hydrogen-bond donors (Lipinski definition) is 1. The van der Waals surface area contributed by atoms with E-state index in [0.717, 1.165) is 0 Å². The molecule has 0 bridgehead atoms. The van der Waals surface area contributed by atoms with Crippen LogP contribution >= 0.6 is 0 Å². The first kappa shape index (κ1) is 10.7. The Labute approximate surface area is 63.5 Å². The summed E-state index contributed by atoms with van der Waals surface area (Å²) in [6.07, 6.45) is -4.23. The monoisotopic (exact) mass is 171 g/mol. The lowest BCUT2D eigenvalue weighted by molar-refractivity contribution is -0.184. The van der Waals surface area contributed by atoms with Crippen LogP contribution in [0, 0.1) is 5.92 Å². The molecule has 2 N–H and O–H groups in total. The lowest BCUT2D eigenvalue weighted by Gasteiger charge is -2.17. The summed E-state index contributed by atoms with van der Waals surface area (Å²) in [5.74, 6) is -1.53. The summed E-state index contributed by atoms with van der Waals surface area (Å²) in [5, 5.41) is 0. The van der Waals surface area contributed by atoms with Crippen molar-refractivity contribution in [3.63, 3.8) is 0 Å². The van der Waals surface area contributed by atoms with Crippen molar-refractivity contribution in [3.05, 3.63) is 0 Å². The van der Waals surface area contributed by atoms with Gasteiger partial charge in [-0.05, 0) is 6.92 Å². The highest BCUT2D eigenvalue weighted by molar-refractivity contribution is 4.67. The summed E-state index contributed by atoms with van der Waals surface area (Å²) in [4.78, 5) is 0. The fourth-order valence-electron chi connectivity index (χ4n) is 0.556. The van der Waals surface area contributed by atoms with Gasteiger partial charge in [0.15, 0.2) is 0 Å². The van der Waals surface area contributed by atoms with E-state index in [9.17, 15) is 13.2 Å². The van der Waals surface area contributed by atoms with Gasteiger partial charge in [-0.2, -0.15) is 13.2 Å². The number of halogens is 3. The van der Waals surface area contributed by atoms with E-state index in [1.165, 1.54) is 0 Å². The highest BCUT2D eigenvalue weighted by atomic mass is 19.4. The van der Waals surface area contributed by atoms with Gasteiger partial charge >= 0.3 is 6.18 Å². The Balaban J connectivity index is 3.76. The van der Waals surface area contributed by atoms with Crippen molar-refractivity contribution in [3.8, 4) is 0 Å². The molecule has 0 saturated carbocycles. The fraction of sp³-hybridized carbons (Fsp3) is 1.00. The van der Waals surface area contributed by atoms with E-state index >= 15 is 0 Å². The molecule has 0 radical (unpaired) electrons. The van der Waals surface area contributed by atoms with Gasteiger partial charge < -0.3 is 10.5 Å². The van der Waals surface area contributed by atoms with E-state index in [2.05, 4.69) is 4.74 Å². The maximum atomic E-state index is 11.9. The molecular weight excluding hydrogens is 159 g/mol. The van der Waals surface area contributed by atoms with Crippen LogP contribution in [0.5, 0.6) is 0 Å². The molecule has 0 aromatic carbocycles. The van der Waals surface area contributed by atoms with E-state index in [4.69, 9.17) is 5.73 Å². The minimum Gasteiger partial charge on any atom is -0.381 e. The zero-order valence-electron chi connectivity index (χ0n) is 6.32. The molecule has 1 unspecified atom stereocenters. The van der Waals surface area contributed by atoms with E-state index in [0.29, 0.717) is 0 Å². The fourth-order valence-corrected chi connectivity index (χ4v) is 0.556. The second kappa shape index (κ2) is 4.56. The Hall–Kier alpha value is -0.290. The predicted molar refractivity (Wildman–Crippen MR) is 35.1 cm³/mol. The Kier molecular flexibility index (Phi) is 4.44. The Morgan fingerprint density at radius 1 is 1.45 bits per heavy atom. The van der Waals surface area contributed by atoms with Crippen LogP contribution < -0.4 is 5.73 Å². The third kappa shape index (κ3) is 4.21. The van der Waals surface area contributed by atoms with E-state index in [1.807, 2.05) is 0 Å². The van der Waals surface area contributed by atoms with Crippen molar-refractivity contribution < 1.29 is 17.9 Å². The van der Waals surface area contributed by atoms with Gasteiger partial charge in [-0.15, -0.1) is 0 Å². The molecular formula is C6H12F3NO. The average Bonchev–Trinajstić information content (AvgIpc) is 1.87. The van der Waals surface area contributed by atoms with Gasteiger partial charge in [0.25, 0.3) is 0 Å². The average molecular weight is 171 g/mol. The van der Waals surface area contributed by atoms with Gasteiger partial charge in [0, 0.05) is 13.2 Å². The zero-order chi connectivity index (χ0) is 8.91. The van der Waals surface area contributed by atoms with Crippen molar-refractivity contribution >= 4 is 0 Å². The molecule has 0 aromatic heterocycles.